The third kappa shape index (κ3) is 1.42. The molecule has 1 saturated heterocycles. The molecule has 5 rings (SSSR count). The number of aryl methyl sites for hydroxylation is 1. The number of carbonyl (C=O) groups excluding carboxylic acids is 1. The minimum Gasteiger partial charge on any atom is -0.481 e. The van der Waals surface area contributed by atoms with Gasteiger partial charge in [0, 0.05) is 31.1 Å². The summed E-state index contributed by atoms with van der Waals surface area (Å²) < 4.78 is 6.23. The van der Waals surface area contributed by atoms with Crippen molar-refractivity contribution in [1.82, 2.24) is 4.90 Å². The molecule has 4 atom stereocenters. The SMILES string of the molecule is C=CCN1CC[C@]23c4c5ccc(C)c4O[C@H]2C(=O)CC[C@@]3(O)[C@H]1C5. The minimum absolute atomic E-state index is 0.0320. The van der Waals surface area contributed by atoms with Crippen LogP contribution in [0.1, 0.15) is 36.0 Å². The number of ketones is 1. The molecule has 0 unspecified atom stereocenters. The van der Waals surface area contributed by atoms with Crippen LogP contribution < -0.4 is 4.74 Å². The second-order valence-electron chi connectivity index (χ2n) is 7.86. The molecule has 1 aromatic carbocycles. The molecule has 4 nitrogen and oxygen atoms in total. The van der Waals surface area contributed by atoms with Crippen molar-refractivity contribution >= 4 is 5.78 Å². The van der Waals surface area contributed by atoms with E-state index < -0.39 is 17.1 Å². The highest BCUT2D eigenvalue weighted by molar-refractivity contribution is 5.89. The Bertz CT molecular complexity index is 772. The highest BCUT2D eigenvalue weighted by atomic mass is 16.5. The fraction of sp³-hybridized carbons (Fsp3) is 0.550. The first kappa shape index (κ1) is 14.7. The molecule has 1 aromatic rings. The van der Waals surface area contributed by atoms with Crippen molar-refractivity contribution in [3.05, 3.63) is 41.5 Å². The van der Waals surface area contributed by atoms with Crippen LogP contribution >= 0.6 is 0 Å². The number of likely N-dealkylation sites (tertiary alicyclic amines) is 1. The molecule has 0 amide bonds. The summed E-state index contributed by atoms with van der Waals surface area (Å²) in [6, 6.07) is 4.29. The lowest BCUT2D eigenvalue weighted by atomic mass is 9.49. The number of carbonyl (C=O) groups is 1. The van der Waals surface area contributed by atoms with Gasteiger partial charge in [-0.3, -0.25) is 9.69 Å². The molecule has 1 N–H and O–H groups in total. The van der Waals surface area contributed by atoms with E-state index >= 15 is 0 Å². The Labute approximate surface area is 142 Å². The molecule has 1 spiro atoms. The van der Waals surface area contributed by atoms with Gasteiger partial charge in [0.15, 0.2) is 11.9 Å². The van der Waals surface area contributed by atoms with Crippen LogP contribution in [0, 0.1) is 6.92 Å². The van der Waals surface area contributed by atoms with Crippen molar-refractivity contribution in [3.63, 3.8) is 0 Å². The van der Waals surface area contributed by atoms with Gasteiger partial charge in [-0.15, -0.1) is 6.58 Å². The lowest BCUT2D eigenvalue weighted by Gasteiger charge is -2.62. The van der Waals surface area contributed by atoms with Crippen LogP contribution in [0.5, 0.6) is 5.75 Å². The summed E-state index contributed by atoms with van der Waals surface area (Å²) in [7, 11) is 0. The predicted molar refractivity (Wildman–Crippen MR) is 90.3 cm³/mol. The Morgan fingerprint density at radius 2 is 2.29 bits per heavy atom. The number of aliphatic hydroxyl groups is 1. The number of benzene rings is 1. The average molecular weight is 325 g/mol. The zero-order valence-corrected chi connectivity index (χ0v) is 14.0. The third-order valence-electron chi connectivity index (χ3n) is 6.95. The first-order valence-electron chi connectivity index (χ1n) is 8.92. The van der Waals surface area contributed by atoms with E-state index in [9.17, 15) is 9.90 Å². The maximum Gasteiger partial charge on any atom is 0.174 e. The van der Waals surface area contributed by atoms with E-state index in [1.54, 1.807) is 0 Å². The molecule has 1 saturated carbocycles. The van der Waals surface area contributed by atoms with Crippen LogP contribution in [0.4, 0.5) is 0 Å². The molecule has 4 heteroatoms. The Hall–Kier alpha value is -1.65. The zero-order chi connectivity index (χ0) is 16.7. The number of rotatable bonds is 2. The van der Waals surface area contributed by atoms with Crippen LogP contribution in [0.2, 0.25) is 0 Å². The molecule has 4 aliphatic rings. The molecule has 24 heavy (non-hydrogen) atoms. The predicted octanol–water partition coefficient (Wildman–Crippen LogP) is 1.90. The standard InChI is InChI=1S/C20H23NO3/c1-3-9-21-10-8-19-16-13-5-4-12(2)17(16)24-18(19)14(22)6-7-20(19,23)15(21)11-13/h3-5,15,18,23H,1,6-11H2,2H3/t15-,18+,19+,20-/m1/s1. The van der Waals surface area contributed by atoms with Gasteiger partial charge in [-0.1, -0.05) is 18.2 Å². The number of hydrogen-bond acceptors (Lipinski definition) is 4. The third-order valence-corrected chi connectivity index (χ3v) is 6.95. The maximum atomic E-state index is 12.7. The second-order valence-corrected chi connectivity index (χ2v) is 7.86. The summed E-state index contributed by atoms with van der Waals surface area (Å²) in [6.45, 7) is 7.56. The topological polar surface area (TPSA) is 49.8 Å². The highest BCUT2D eigenvalue weighted by Crippen LogP contribution is 2.63. The maximum absolute atomic E-state index is 12.7. The van der Waals surface area contributed by atoms with E-state index in [1.807, 2.05) is 13.0 Å². The average Bonchev–Trinajstić information content (AvgIpc) is 2.91. The summed E-state index contributed by atoms with van der Waals surface area (Å²) in [4.78, 5) is 15.1. The fourth-order valence-corrected chi connectivity index (χ4v) is 5.95. The van der Waals surface area contributed by atoms with E-state index in [0.717, 1.165) is 42.8 Å². The molecule has 2 heterocycles. The van der Waals surface area contributed by atoms with Gasteiger partial charge in [-0.25, -0.2) is 0 Å². The van der Waals surface area contributed by atoms with Gasteiger partial charge in [0.05, 0.1) is 11.0 Å². The van der Waals surface area contributed by atoms with Gasteiger partial charge >= 0.3 is 0 Å². The van der Waals surface area contributed by atoms with Crippen molar-refractivity contribution in [3.8, 4) is 5.75 Å². The van der Waals surface area contributed by atoms with Gasteiger partial charge in [-0.2, -0.15) is 0 Å². The Morgan fingerprint density at radius 1 is 1.46 bits per heavy atom. The molecule has 0 radical (unpaired) electrons. The van der Waals surface area contributed by atoms with Gasteiger partial charge in [0.25, 0.3) is 0 Å². The zero-order valence-electron chi connectivity index (χ0n) is 14.0. The lowest BCUT2D eigenvalue weighted by Crippen LogP contribution is -2.76. The molecule has 2 fully saturated rings. The van der Waals surface area contributed by atoms with E-state index in [2.05, 4.69) is 23.6 Å². The van der Waals surface area contributed by atoms with Crippen LogP contribution in [-0.2, 0) is 16.6 Å². The molecule has 2 aliphatic heterocycles. The molecule has 126 valence electrons. The van der Waals surface area contributed by atoms with E-state index in [1.165, 1.54) is 5.56 Å². The van der Waals surface area contributed by atoms with Gasteiger partial charge < -0.3 is 9.84 Å². The van der Waals surface area contributed by atoms with Crippen molar-refractivity contribution in [2.24, 2.45) is 0 Å². The van der Waals surface area contributed by atoms with Gasteiger partial charge in [0.1, 0.15) is 5.75 Å². The largest absolute Gasteiger partial charge is 0.481 e. The quantitative estimate of drug-likeness (QED) is 0.844. The molecular weight excluding hydrogens is 302 g/mol. The number of nitrogens with zero attached hydrogens (tertiary/aromatic N) is 1. The van der Waals surface area contributed by atoms with E-state index in [-0.39, 0.29) is 11.8 Å². The lowest BCUT2D eigenvalue weighted by molar-refractivity contribution is -0.187. The second kappa shape index (κ2) is 4.50. The summed E-state index contributed by atoms with van der Waals surface area (Å²) in [5.74, 6) is 1.01. The van der Waals surface area contributed by atoms with Crippen LogP contribution in [-0.4, -0.2) is 46.6 Å². The van der Waals surface area contributed by atoms with Crippen molar-refractivity contribution in [1.29, 1.82) is 0 Å². The fourth-order valence-electron chi connectivity index (χ4n) is 5.95. The minimum atomic E-state index is -0.890. The molecule has 2 bridgehead atoms. The summed E-state index contributed by atoms with van der Waals surface area (Å²) in [5.41, 5.74) is 2.01. The van der Waals surface area contributed by atoms with Crippen molar-refractivity contribution < 1.29 is 14.6 Å². The van der Waals surface area contributed by atoms with Crippen LogP contribution in [0.25, 0.3) is 0 Å². The molecular formula is C20H23NO3. The highest BCUT2D eigenvalue weighted by Gasteiger charge is 2.72. The summed E-state index contributed by atoms with van der Waals surface area (Å²) >= 11 is 0. The smallest absolute Gasteiger partial charge is 0.174 e. The van der Waals surface area contributed by atoms with Crippen molar-refractivity contribution in [2.75, 3.05) is 13.1 Å². The Kier molecular flexibility index (Phi) is 2.75. The number of hydrogen-bond donors (Lipinski definition) is 1. The number of piperidine rings is 1. The monoisotopic (exact) mass is 325 g/mol. The molecule has 0 aromatic heterocycles. The summed E-state index contributed by atoms with van der Waals surface area (Å²) in [5, 5.41) is 11.9. The first-order valence-corrected chi connectivity index (χ1v) is 8.92. The Morgan fingerprint density at radius 3 is 3.08 bits per heavy atom. The Balaban J connectivity index is 1.80. The molecule has 2 aliphatic carbocycles. The van der Waals surface area contributed by atoms with E-state index in [4.69, 9.17) is 4.74 Å². The van der Waals surface area contributed by atoms with Gasteiger partial charge in [0.2, 0.25) is 0 Å². The first-order chi connectivity index (χ1) is 11.5. The van der Waals surface area contributed by atoms with Crippen LogP contribution in [0.3, 0.4) is 0 Å². The number of ether oxygens (including phenoxy) is 1. The number of Topliss-reactive ketones (excluding diaryl/α,β-unsaturated/α-hetero) is 1. The summed E-state index contributed by atoms with van der Waals surface area (Å²) in [6.07, 6.45) is 3.93. The van der Waals surface area contributed by atoms with Gasteiger partial charge in [-0.05, 0) is 37.3 Å². The van der Waals surface area contributed by atoms with Crippen LogP contribution in [0.15, 0.2) is 24.8 Å². The van der Waals surface area contributed by atoms with Crippen molar-refractivity contribution in [2.45, 2.75) is 55.8 Å². The normalized spacial score (nSPS) is 39.3. The van der Waals surface area contributed by atoms with E-state index in [0.29, 0.717) is 12.8 Å².